The van der Waals surface area contributed by atoms with E-state index in [9.17, 15) is 13.2 Å². The molecule has 1 aromatic heterocycles. The van der Waals surface area contributed by atoms with Gasteiger partial charge in [0.1, 0.15) is 18.1 Å². The number of ether oxygens (including phenoxy) is 1. The minimum atomic E-state index is -3.74. The number of sulfonamides is 1. The SMILES string of the molecule is CC(=O)N1CCOc2cc(S(=O)(=O)N3CCCC3c3c(C)noc3C)ccc21. The number of anilines is 1. The van der Waals surface area contributed by atoms with Gasteiger partial charge in [0, 0.05) is 25.1 Å². The van der Waals surface area contributed by atoms with Crippen LogP contribution in [0.25, 0.3) is 0 Å². The van der Waals surface area contributed by atoms with Gasteiger partial charge in [-0.3, -0.25) is 4.79 Å². The summed E-state index contributed by atoms with van der Waals surface area (Å²) in [4.78, 5) is 13.6. The molecule has 0 radical (unpaired) electrons. The summed E-state index contributed by atoms with van der Waals surface area (Å²) in [5.74, 6) is 0.962. The average Bonchev–Trinajstić information content (AvgIpc) is 3.27. The van der Waals surface area contributed by atoms with Gasteiger partial charge < -0.3 is 14.2 Å². The molecule has 0 saturated carbocycles. The number of carbonyl (C=O) groups excluding carboxylic acids is 1. The number of carbonyl (C=O) groups is 1. The smallest absolute Gasteiger partial charge is 0.243 e. The highest BCUT2D eigenvalue weighted by Gasteiger charge is 2.39. The third-order valence-electron chi connectivity index (χ3n) is 5.41. The first-order chi connectivity index (χ1) is 13.3. The number of fused-ring (bicyclic) bond motifs is 1. The van der Waals surface area contributed by atoms with E-state index in [1.165, 1.54) is 17.3 Å². The standard InChI is InChI=1S/C19H23N3O5S/c1-12-19(13(2)27-20-12)17-5-4-8-22(17)28(24,25)15-6-7-16-18(11-15)26-10-9-21(16)14(3)23/h6-7,11,17H,4-5,8-10H2,1-3H3. The molecule has 2 aromatic rings. The fraction of sp³-hybridized carbons (Fsp3) is 0.474. The molecule has 150 valence electrons. The van der Waals surface area contributed by atoms with Crippen molar-refractivity contribution < 1.29 is 22.5 Å². The lowest BCUT2D eigenvalue weighted by molar-refractivity contribution is -0.116. The summed E-state index contributed by atoms with van der Waals surface area (Å²) in [7, 11) is -3.74. The Morgan fingerprint density at radius 1 is 1.25 bits per heavy atom. The van der Waals surface area contributed by atoms with Crippen LogP contribution < -0.4 is 9.64 Å². The molecular formula is C19H23N3O5S. The summed E-state index contributed by atoms with van der Waals surface area (Å²) in [5.41, 5.74) is 2.16. The summed E-state index contributed by atoms with van der Waals surface area (Å²) < 4.78 is 39.2. The zero-order valence-electron chi connectivity index (χ0n) is 16.1. The molecule has 3 heterocycles. The molecule has 8 nitrogen and oxygen atoms in total. The Labute approximate surface area is 164 Å². The average molecular weight is 405 g/mol. The Morgan fingerprint density at radius 2 is 2.04 bits per heavy atom. The van der Waals surface area contributed by atoms with Crippen LogP contribution in [0.3, 0.4) is 0 Å². The predicted octanol–water partition coefficient (Wildman–Crippen LogP) is 2.56. The van der Waals surface area contributed by atoms with Crippen LogP contribution in [-0.4, -0.2) is 43.5 Å². The highest BCUT2D eigenvalue weighted by Crippen LogP contribution is 2.41. The molecule has 1 fully saturated rings. The molecule has 2 aliphatic heterocycles. The number of amides is 1. The highest BCUT2D eigenvalue weighted by atomic mass is 32.2. The molecule has 1 atom stereocenters. The third-order valence-corrected chi connectivity index (χ3v) is 7.31. The normalized spacial score (nSPS) is 20.1. The molecule has 0 N–H and O–H groups in total. The van der Waals surface area contributed by atoms with Crippen molar-refractivity contribution in [3.63, 3.8) is 0 Å². The van der Waals surface area contributed by atoms with Gasteiger partial charge in [0.05, 0.1) is 28.9 Å². The first-order valence-electron chi connectivity index (χ1n) is 9.30. The van der Waals surface area contributed by atoms with E-state index < -0.39 is 10.0 Å². The van der Waals surface area contributed by atoms with E-state index in [1.54, 1.807) is 17.0 Å². The van der Waals surface area contributed by atoms with Gasteiger partial charge in [0.25, 0.3) is 0 Å². The number of aromatic nitrogens is 1. The maximum absolute atomic E-state index is 13.4. The van der Waals surface area contributed by atoms with E-state index in [0.29, 0.717) is 36.9 Å². The van der Waals surface area contributed by atoms with Gasteiger partial charge in [-0.2, -0.15) is 4.31 Å². The fourth-order valence-electron chi connectivity index (χ4n) is 4.11. The summed E-state index contributed by atoms with van der Waals surface area (Å²) in [6.45, 7) is 6.35. The van der Waals surface area contributed by atoms with E-state index in [-0.39, 0.29) is 16.8 Å². The lowest BCUT2D eigenvalue weighted by Crippen LogP contribution is -2.36. The minimum absolute atomic E-state index is 0.0989. The van der Waals surface area contributed by atoms with E-state index in [2.05, 4.69) is 5.16 Å². The van der Waals surface area contributed by atoms with Gasteiger partial charge in [0.15, 0.2) is 0 Å². The van der Waals surface area contributed by atoms with Crippen molar-refractivity contribution in [2.45, 2.75) is 44.6 Å². The van der Waals surface area contributed by atoms with Crippen LogP contribution in [0.4, 0.5) is 5.69 Å². The number of hydrogen-bond acceptors (Lipinski definition) is 6. The molecule has 2 aliphatic rings. The number of rotatable bonds is 3. The minimum Gasteiger partial charge on any atom is -0.489 e. The second-order valence-corrected chi connectivity index (χ2v) is 9.05. The Morgan fingerprint density at radius 3 is 2.71 bits per heavy atom. The predicted molar refractivity (Wildman–Crippen MR) is 102 cm³/mol. The zero-order chi connectivity index (χ0) is 20.1. The van der Waals surface area contributed by atoms with E-state index in [1.807, 2.05) is 13.8 Å². The Kier molecular flexibility index (Phi) is 4.67. The number of hydrogen-bond donors (Lipinski definition) is 0. The number of nitrogens with zero attached hydrogens (tertiary/aromatic N) is 3. The molecule has 0 spiro atoms. The quantitative estimate of drug-likeness (QED) is 0.779. The van der Waals surface area contributed by atoms with Crippen molar-refractivity contribution in [1.82, 2.24) is 9.46 Å². The summed E-state index contributed by atoms with van der Waals surface area (Å²) >= 11 is 0. The van der Waals surface area contributed by atoms with Crippen molar-refractivity contribution in [1.29, 1.82) is 0 Å². The second-order valence-electron chi connectivity index (χ2n) is 7.16. The van der Waals surface area contributed by atoms with E-state index in [0.717, 1.165) is 24.1 Å². The summed E-state index contributed by atoms with van der Waals surface area (Å²) in [6.07, 6.45) is 1.50. The topological polar surface area (TPSA) is 93.0 Å². The molecule has 1 saturated heterocycles. The molecular weight excluding hydrogens is 382 g/mol. The maximum Gasteiger partial charge on any atom is 0.243 e. The summed E-state index contributed by atoms with van der Waals surface area (Å²) in [5, 5.41) is 3.98. The first kappa shape index (κ1) is 18.9. The van der Waals surface area contributed by atoms with Gasteiger partial charge in [-0.25, -0.2) is 8.42 Å². The van der Waals surface area contributed by atoms with Crippen molar-refractivity contribution in [2.24, 2.45) is 0 Å². The van der Waals surface area contributed by atoms with Crippen LogP contribution in [0, 0.1) is 13.8 Å². The lowest BCUT2D eigenvalue weighted by atomic mass is 10.0. The lowest BCUT2D eigenvalue weighted by Gasteiger charge is -2.29. The van der Waals surface area contributed by atoms with Gasteiger partial charge >= 0.3 is 0 Å². The van der Waals surface area contributed by atoms with Crippen LogP contribution >= 0.6 is 0 Å². The number of aryl methyl sites for hydroxylation is 2. The second kappa shape index (κ2) is 6.89. The van der Waals surface area contributed by atoms with Crippen LogP contribution in [0.2, 0.25) is 0 Å². The monoisotopic (exact) mass is 405 g/mol. The molecule has 28 heavy (non-hydrogen) atoms. The third kappa shape index (κ3) is 2.98. The maximum atomic E-state index is 13.4. The summed E-state index contributed by atoms with van der Waals surface area (Å²) in [6, 6.07) is 4.41. The van der Waals surface area contributed by atoms with Crippen molar-refractivity contribution in [3.05, 3.63) is 35.2 Å². The van der Waals surface area contributed by atoms with E-state index in [4.69, 9.17) is 9.26 Å². The molecule has 4 rings (SSSR count). The van der Waals surface area contributed by atoms with Gasteiger partial charge in [0.2, 0.25) is 15.9 Å². The van der Waals surface area contributed by atoms with Gasteiger partial charge in [-0.05, 0) is 38.8 Å². The van der Waals surface area contributed by atoms with Crippen LogP contribution in [0.5, 0.6) is 5.75 Å². The van der Waals surface area contributed by atoms with Gasteiger partial charge in [-0.1, -0.05) is 5.16 Å². The molecule has 1 unspecified atom stereocenters. The van der Waals surface area contributed by atoms with E-state index >= 15 is 0 Å². The van der Waals surface area contributed by atoms with Crippen LogP contribution in [-0.2, 0) is 14.8 Å². The Hall–Kier alpha value is -2.39. The molecule has 0 bridgehead atoms. The van der Waals surface area contributed by atoms with Crippen molar-refractivity contribution in [3.8, 4) is 5.75 Å². The Balaban J connectivity index is 1.71. The molecule has 1 amide bonds. The molecule has 0 aliphatic carbocycles. The van der Waals surface area contributed by atoms with Crippen molar-refractivity contribution in [2.75, 3.05) is 24.6 Å². The molecule has 1 aromatic carbocycles. The highest BCUT2D eigenvalue weighted by molar-refractivity contribution is 7.89. The van der Waals surface area contributed by atoms with Crippen LogP contribution in [0.15, 0.2) is 27.6 Å². The Bertz CT molecular complexity index is 1010. The van der Waals surface area contributed by atoms with Crippen molar-refractivity contribution >= 4 is 21.6 Å². The largest absolute Gasteiger partial charge is 0.489 e. The molecule has 9 heteroatoms. The first-order valence-corrected chi connectivity index (χ1v) is 10.7. The zero-order valence-corrected chi connectivity index (χ0v) is 17.0. The fourth-order valence-corrected chi connectivity index (χ4v) is 5.79. The van der Waals surface area contributed by atoms with Crippen LogP contribution in [0.1, 0.15) is 42.8 Å². The van der Waals surface area contributed by atoms with Gasteiger partial charge in [-0.15, -0.1) is 0 Å². The number of benzene rings is 1.